The fourth-order valence-corrected chi connectivity index (χ4v) is 3.26. The Balaban J connectivity index is 2.41. The van der Waals surface area contributed by atoms with Gasteiger partial charge in [0.1, 0.15) is 5.82 Å². The summed E-state index contributed by atoms with van der Waals surface area (Å²) in [7, 11) is -3.81. The maximum absolute atomic E-state index is 13.4. The van der Waals surface area contributed by atoms with Crippen LogP contribution >= 0.6 is 15.9 Å². The van der Waals surface area contributed by atoms with Crippen LogP contribution in [0.1, 0.15) is 5.56 Å². The quantitative estimate of drug-likeness (QED) is 0.827. The van der Waals surface area contributed by atoms with Crippen LogP contribution < -0.4 is 10.5 Å². The van der Waals surface area contributed by atoms with E-state index in [9.17, 15) is 12.8 Å². The fourth-order valence-electron chi connectivity index (χ4n) is 1.69. The number of hydrogen-bond donors (Lipinski definition) is 2. The van der Waals surface area contributed by atoms with Crippen LogP contribution in [0.3, 0.4) is 0 Å². The van der Waals surface area contributed by atoms with Crippen molar-refractivity contribution in [1.29, 1.82) is 0 Å². The zero-order valence-corrected chi connectivity index (χ0v) is 12.9. The van der Waals surface area contributed by atoms with Crippen LogP contribution in [-0.4, -0.2) is 8.42 Å². The highest BCUT2D eigenvalue weighted by atomic mass is 79.9. The molecule has 0 spiro atoms. The molecule has 20 heavy (non-hydrogen) atoms. The minimum Gasteiger partial charge on any atom is -0.398 e. The van der Waals surface area contributed by atoms with Crippen LogP contribution in [0.5, 0.6) is 0 Å². The Morgan fingerprint density at radius 1 is 1.25 bits per heavy atom. The number of nitrogen functional groups attached to an aromatic ring is 1. The molecule has 0 aliphatic carbocycles. The molecule has 0 atom stereocenters. The molecular weight excluding hydrogens is 347 g/mol. The third-order valence-electron chi connectivity index (χ3n) is 2.79. The Morgan fingerprint density at radius 2 is 1.95 bits per heavy atom. The third-order valence-corrected chi connectivity index (χ3v) is 4.96. The molecule has 2 aromatic carbocycles. The van der Waals surface area contributed by atoms with Gasteiger partial charge in [0.25, 0.3) is 10.0 Å². The van der Waals surface area contributed by atoms with Gasteiger partial charge in [-0.1, -0.05) is 6.07 Å². The summed E-state index contributed by atoms with van der Waals surface area (Å²) in [5.41, 5.74) is 6.68. The number of hydrogen-bond acceptors (Lipinski definition) is 3. The van der Waals surface area contributed by atoms with Crippen molar-refractivity contribution >= 4 is 37.3 Å². The van der Waals surface area contributed by atoms with Crippen LogP contribution in [0.25, 0.3) is 0 Å². The molecule has 0 saturated carbocycles. The highest BCUT2D eigenvalue weighted by molar-refractivity contribution is 9.10. The standard InChI is InChI=1S/C13H12BrFN2O2S/c1-8-12(16)3-2-4-13(8)20(18,19)17-9-5-6-10(14)11(15)7-9/h2-7,17H,16H2,1H3. The molecule has 0 aromatic heterocycles. The van der Waals surface area contributed by atoms with Crippen LogP contribution in [0.15, 0.2) is 45.8 Å². The van der Waals surface area contributed by atoms with E-state index >= 15 is 0 Å². The first kappa shape index (κ1) is 14.8. The van der Waals surface area contributed by atoms with E-state index in [1.165, 1.54) is 18.2 Å². The Kier molecular flexibility index (Phi) is 4.01. The largest absolute Gasteiger partial charge is 0.398 e. The van der Waals surface area contributed by atoms with Gasteiger partial charge >= 0.3 is 0 Å². The molecule has 106 valence electrons. The molecule has 4 nitrogen and oxygen atoms in total. The molecule has 0 aliphatic rings. The molecule has 2 aromatic rings. The van der Waals surface area contributed by atoms with Crippen LogP contribution in [0, 0.1) is 12.7 Å². The lowest BCUT2D eigenvalue weighted by Gasteiger charge is -2.12. The van der Waals surface area contributed by atoms with E-state index in [-0.39, 0.29) is 15.1 Å². The normalized spacial score (nSPS) is 11.3. The smallest absolute Gasteiger partial charge is 0.262 e. The van der Waals surface area contributed by atoms with Gasteiger partial charge in [-0.15, -0.1) is 0 Å². The monoisotopic (exact) mass is 358 g/mol. The summed E-state index contributed by atoms with van der Waals surface area (Å²) in [5.74, 6) is -0.547. The fraction of sp³-hybridized carbons (Fsp3) is 0.0769. The maximum atomic E-state index is 13.4. The van der Waals surface area contributed by atoms with Gasteiger partial charge in [-0.3, -0.25) is 4.72 Å². The van der Waals surface area contributed by atoms with Gasteiger partial charge in [-0.05, 0) is 58.7 Å². The van der Waals surface area contributed by atoms with Gasteiger partial charge in [0, 0.05) is 5.69 Å². The first-order chi connectivity index (χ1) is 9.31. The Morgan fingerprint density at radius 3 is 2.60 bits per heavy atom. The molecule has 7 heteroatoms. The molecule has 0 unspecified atom stereocenters. The maximum Gasteiger partial charge on any atom is 0.262 e. The minimum atomic E-state index is -3.81. The molecule has 3 N–H and O–H groups in total. The molecular formula is C13H12BrFN2O2S. The minimum absolute atomic E-state index is 0.0702. The van der Waals surface area contributed by atoms with Gasteiger partial charge in [-0.2, -0.15) is 0 Å². The van der Waals surface area contributed by atoms with Crippen LogP contribution in [0.4, 0.5) is 15.8 Å². The van der Waals surface area contributed by atoms with E-state index in [1.807, 2.05) is 0 Å². The van der Waals surface area contributed by atoms with Crippen LogP contribution in [0.2, 0.25) is 0 Å². The lowest BCUT2D eigenvalue weighted by atomic mass is 10.2. The van der Waals surface area contributed by atoms with Gasteiger partial charge in [0.05, 0.1) is 15.1 Å². The van der Waals surface area contributed by atoms with Crippen molar-refractivity contribution in [2.75, 3.05) is 10.5 Å². The first-order valence-electron chi connectivity index (χ1n) is 5.64. The lowest BCUT2D eigenvalue weighted by molar-refractivity contribution is 0.600. The molecule has 0 saturated heterocycles. The summed E-state index contributed by atoms with van der Waals surface area (Å²) in [6.45, 7) is 1.62. The number of nitrogens with two attached hydrogens (primary N) is 1. The van der Waals surface area contributed by atoms with E-state index in [1.54, 1.807) is 19.1 Å². The molecule has 0 amide bonds. The summed E-state index contributed by atoms with van der Waals surface area (Å²) in [5, 5.41) is 0. The van der Waals surface area contributed by atoms with Crippen molar-refractivity contribution in [3.63, 3.8) is 0 Å². The van der Waals surface area contributed by atoms with E-state index < -0.39 is 15.8 Å². The Hall–Kier alpha value is -1.60. The summed E-state index contributed by atoms with van der Waals surface area (Å²) in [6, 6.07) is 8.62. The zero-order valence-electron chi connectivity index (χ0n) is 10.5. The van der Waals surface area contributed by atoms with Crippen molar-refractivity contribution in [2.24, 2.45) is 0 Å². The lowest BCUT2D eigenvalue weighted by Crippen LogP contribution is -2.15. The van der Waals surface area contributed by atoms with Gasteiger partial charge in [0.2, 0.25) is 0 Å². The molecule has 0 heterocycles. The SMILES string of the molecule is Cc1c(N)cccc1S(=O)(=O)Nc1ccc(Br)c(F)c1. The Bertz CT molecular complexity index is 763. The second-order valence-electron chi connectivity index (χ2n) is 4.20. The average Bonchev–Trinajstić information content (AvgIpc) is 2.36. The number of anilines is 2. The number of benzene rings is 2. The van der Waals surface area contributed by atoms with E-state index in [0.717, 1.165) is 6.07 Å². The van der Waals surface area contributed by atoms with E-state index in [4.69, 9.17) is 5.73 Å². The predicted molar refractivity (Wildman–Crippen MR) is 80.5 cm³/mol. The third kappa shape index (κ3) is 2.94. The van der Waals surface area contributed by atoms with Crippen molar-refractivity contribution in [3.05, 3.63) is 52.3 Å². The first-order valence-corrected chi connectivity index (χ1v) is 7.92. The zero-order chi connectivity index (χ0) is 14.9. The second kappa shape index (κ2) is 5.41. The molecule has 0 aliphatic heterocycles. The summed E-state index contributed by atoms with van der Waals surface area (Å²) < 4.78 is 40.5. The van der Waals surface area contributed by atoms with Crippen molar-refractivity contribution in [1.82, 2.24) is 0 Å². The van der Waals surface area contributed by atoms with E-state index in [0.29, 0.717) is 11.3 Å². The molecule has 0 fully saturated rings. The summed E-state index contributed by atoms with van der Waals surface area (Å²) in [6.07, 6.45) is 0. The van der Waals surface area contributed by atoms with Crippen LogP contribution in [-0.2, 0) is 10.0 Å². The van der Waals surface area contributed by atoms with Gasteiger partial charge in [-0.25, -0.2) is 12.8 Å². The summed E-state index contributed by atoms with van der Waals surface area (Å²) in [4.78, 5) is 0.0702. The highest BCUT2D eigenvalue weighted by Gasteiger charge is 2.18. The number of nitrogens with one attached hydrogen (secondary N) is 1. The number of rotatable bonds is 3. The van der Waals surface area contributed by atoms with Gasteiger partial charge < -0.3 is 5.73 Å². The Labute approximate surface area is 125 Å². The second-order valence-corrected chi connectivity index (χ2v) is 6.71. The average molecular weight is 359 g/mol. The molecule has 2 rings (SSSR count). The molecule has 0 radical (unpaired) electrons. The van der Waals surface area contributed by atoms with Gasteiger partial charge in [0.15, 0.2) is 0 Å². The number of sulfonamides is 1. The van der Waals surface area contributed by atoms with Crippen molar-refractivity contribution < 1.29 is 12.8 Å². The van der Waals surface area contributed by atoms with Crippen molar-refractivity contribution in [2.45, 2.75) is 11.8 Å². The van der Waals surface area contributed by atoms with Crippen molar-refractivity contribution in [3.8, 4) is 0 Å². The highest BCUT2D eigenvalue weighted by Crippen LogP contribution is 2.25. The summed E-state index contributed by atoms with van der Waals surface area (Å²) >= 11 is 3.01. The van der Waals surface area contributed by atoms with E-state index in [2.05, 4.69) is 20.7 Å². The predicted octanol–water partition coefficient (Wildman–Crippen LogP) is 3.28. The molecule has 0 bridgehead atoms. The number of halogens is 2. The topological polar surface area (TPSA) is 72.2 Å².